The molecule has 6 heteroatoms. The molecular formula is C11H22N4O2. The maximum absolute atomic E-state index is 5.92. The van der Waals surface area contributed by atoms with Crippen LogP contribution >= 0.6 is 0 Å². The average molecular weight is 242 g/mol. The highest BCUT2D eigenvalue weighted by Gasteiger charge is 2.10. The maximum atomic E-state index is 5.92. The molecule has 0 saturated carbocycles. The number of nitrogens with two attached hydrogens (primary N) is 1. The molecule has 0 aliphatic carbocycles. The Morgan fingerprint density at radius 2 is 1.88 bits per heavy atom. The lowest BCUT2D eigenvalue weighted by Gasteiger charge is -2.21. The molecule has 0 aliphatic rings. The van der Waals surface area contributed by atoms with Gasteiger partial charge in [0, 0.05) is 46.5 Å². The maximum Gasteiger partial charge on any atom is 0.125 e. The first-order valence-electron chi connectivity index (χ1n) is 5.65. The molecule has 0 unspecified atom stereocenters. The van der Waals surface area contributed by atoms with E-state index in [0.29, 0.717) is 19.0 Å². The summed E-state index contributed by atoms with van der Waals surface area (Å²) in [7, 11) is 5.24. The van der Waals surface area contributed by atoms with Gasteiger partial charge >= 0.3 is 0 Å². The third-order valence-corrected chi connectivity index (χ3v) is 2.68. The second kappa shape index (κ2) is 7.26. The van der Waals surface area contributed by atoms with E-state index < -0.39 is 0 Å². The number of aryl methyl sites for hydroxylation is 1. The Hall–Kier alpha value is -1.11. The van der Waals surface area contributed by atoms with Crippen LogP contribution in [0.25, 0.3) is 0 Å². The van der Waals surface area contributed by atoms with Gasteiger partial charge in [0.1, 0.15) is 5.82 Å². The molecule has 1 heterocycles. The number of ether oxygens (including phenoxy) is 2. The van der Waals surface area contributed by atoms with Crippen LogP contribution in [0.4, 0.5) is 5.82 Å². The molecule has 0 saturated heterocycles. The van der Waals surface area contributed by atoms with Gasteiger partial charge in [0.05, 0.1) is 19.4 Å². The molecule has 6 nitrogen and oxygen atoms in total. The lowest BCUT2D eigenvalue weighted by Crippen LogP contribution is -2.30. The number of rotatable bonds is 8. The molecule has 1 rings (SSSR count). The van der Waals surface area contributed by atoms with Crippen molar-refractivity contribution in [2.75, 3.05) is 46.3 Å². The van der Waals surface area contributed by atoms with Gasteiger partial charge < -0.3 is 15.2 Å². The Morgan fingerprint density at radius 1 is 1.29 bits per heavy atom. The molecule has 0 spiro atoms. The molecule has 98 valence electrons. The lowest BCUT2D eigenvalue weighted by atomic mass is 10.3. The fourth-order valence-electron chi connectivity index (χ4n) is 1.57. The van der Waals surface area contributed by atoms with Crippen molar-refractivity contribution in [1.82, 2.24) is 14.7 Å². The van der Waals surface area contributed by atoms with Gasteiger partial charge in [-0.1, -0.05) is 0 Å². The van der Waals surface area contributed by atoms with E-state index in [-0.39, 0.29) is 0 Å². The van der Waals surface area contributed by atoms with Gasteiger partial charge in [-0.25, -0.2) is 0 Å². The molecule has 0 fully saturated rings. The van der Waals surface area contributed by atoms with E-state index in [2.05, 4.69) is 10.00 Å². The molecule has 17 heavy (non-hydrogen) atoms. The van der Waals surface area contributed by atoms with Crippen LogP contribution < -0.4 is 5.73 Å². The largest absolute Gasteiger partial charge is 0.384 e. The van der Waals surface area contributed by atoms with E-state index in [0.717, 1.165) is 25.2 Å². The van der Waals surface area contributed by atoms with Crippen molar-refractivity contribution < 1.29 is 9.47 Å². The molecule has 0 bridgehead atoms. The molecule has 1 aromatic rings. The SMILES string of the molecule is COCCN(CCOC)Cc1cnn(C)c1N. The summed E-state index contributed by atoms with van der Waals surface area (Å²) in [6.45, 7) is 3.88. The Labute approximate surface area is 102 Å². The van der Waals surface area contributed by atoms with Gasteiger partial charge in [-0.3, -0.25) is 9.58 Å². The molecular weight excluding hydrogens is 220 g/mol. The van der Waals surface area contributed by atoms with Gasteiger partial charge in [0.25, 0.3) is 0 Å². The van der Waals surface area contributed by atoms with Crippen molar-refractivity contribution in [2.45, 2.75) is 6.54 Å². The van der Waals surface area contributed by atoms with Gasteiger partial charge in [-0.05, 0) is 0 Å². The second-order valence-corrected chi connectivity index (χ2v) is 3.94. The average Bonchev–Trinajstić information content (AvgIpc) is 2.64. The molecule has 0 atom stereocenters. The number of nitrogen functional groups attached to an aromatic ring is 1. The minimum atomic E-state index is 0.698. The Morgan fingerprint density at radius 3 is 2.29 bits per heavy atom. The minimum Gasteiger partial charge on any atom is -0.384 e. The topological polar surface area (TPSA) is 65.5 Å². The summed E-state index contributed by atoms with van der Waals surface area (Å²) in [5.41, 5.74) is 6.96. The number of hydrogen-bond acceptors (Lipinski definition) is 5. The molecule has 0 radical (unpaired) electrons. The Balaban J connectivity index is 2.54. The van der Waals surface area contributed by atoms with E-state index in [4.69, 9.17) is 15.2 Å². The highest BCUT2D eigenvalue weighted by molar-refractivity contribution is 5.38. The molecule has 2 N–H and O–H groups in total. The zero-order chi connectivity index (χ0) is 12.7. The summed E-state index contributed by atoms with van der Waals surface area (Å²) in [5.74, 6) is 0.713. The first-order chi connectivity index (χ1) is 8.19. The second-order valence-electron chi connectivity index (χ2n) is 3.94. The van der Waals surface area contributed by atoms with Crippen molar-refractivity contribution in [1.29, 1.82) is 0 Å². The van der Waals surface area contributed by atoms with Gasteiger partial charge in [-0.2, -0.15) is 5.10 Å². The normalized spacial score (nSPS) is 11.3. The Bertz CT molecular complexity index is 319. The molecule has 0 amide bonds. The van der Waals surface area contributed by atoms with Gasteiger partial charge in [0.15, 0.2) is 0 Å². The quantitative estimate of drug-likeness (QED) is 0.700. The minimum absolute atomic E-state index is 0.698. The third-order valence-electron chi connectivity index (χ3n) is 2.68. The van der Waals surface area contributed by atoms with Crippen molar-refractivity contribution in [3.63, 3.8) is 0 Å². The standard InChI is InChI=1S/C11H22N4O2/c1-14-11(12)10(8-13-14)9-15(4-6-16-2)5-7-17-3/h8H,4-7,9,12H2,1-3H3. The zero-order valence-corrected chi connectivity index (χ0v) is 10.8. The van der Waals surface area contributed by atoms with Crippen LogP contribution in [0.5, 0.6) is 0 Å². The van der Waals surface area contributed by atoms with Crippen molar-refractivity contribution in [2.24, 2.45) is 7.05 Å². The van der Waals surface area contributed by atoms with Gasteiger partial charge in [0.2, 0.25) is 0 Å². The monoisotopic (exact) mass is 242 g/mol. The number of methoxy groups -OCH3 is 2. The van der Waals surface area contributed by atoms with Crippen LogP contribution in [-0.4, -0.2) is 55.2 Å². The summed E-state index contributed by atoms with van der Waals surface area (Å²) in [6.07, 6.45) is 1.81. The van der Waals surface area contributed by atoms with Crippen LogP contribution in [0.1, 0.15) is 5.56 Å². The van der Waals surface area contributed by atoms with Crippen molar-refractivity contribution in [3.8, 4) is 0 Å². The first kappa shape index (κ1) is 14.0. The van der Waals surface area contributed by atoms with Gasteiger partial charge in [-0.15, -0.1) is 0 Å². The molecule has 0 aromatic carbocycles. The van der Waals surface area contributed by atoms with E-state index >= 15 is 0 Å². The smallest absolute Gasteiger partial charge is 0.125 e. The third kappa shape index (κ3) is 4.33. The highest BCUT2D eigenvalue weighted by Crippen LogP contribution is 2.12. The summed E-state index contributed by atoms with van der Waals surface area (Å²) in [4.78, 5) is 2.24. The van der Waals surface area contributed by atoms with Crippen molar-refractivity contribution >= 4 is 5.82 Å². The zero-order valence-electron chi connectivity index (χ0n) is 10.8. The van der Waals surface area contributed by atoms with E-state index in [1.165, 1.54) is 0 Å². The predicted molar refractivity (Wildman–Crippen MR) is 66.6 cm³/mol. The van der Waals surface area contributed by atoms with Crippen LogP contribution in [0.3, 0.4) is 0 Å². The predicted octanol–water partition coefficient (Wildman–Crippen LogP) is 0.0971. The lowest BCUT2D eigenvalue weighted by molar-refractivity contribution is 0.110. The van der Waals surface area contributed by atoms with Crippen LogP contribution in [-0.2, 0) is 23.1 Å². The molecule has 1 aromatic heterocycles. The number of nitrogens with zero attached hydrogens (tertiary/aromatic N) is 3. The van der Waals surface area contributed by atoms with Crippen LogP contribution in [0.15, 0.2) is 6.20 Å². The highest BCUT2D eigenvalue weighted by atomic mass is 16.5. The number of aromatic nitrogens is 2. The Kier molecular flexibility index (Phi) is 5.96. The number of hydrogen-bond donors (Lipinski definition) is 1. The van der Waals surface area contributed by atoms with E-state index in [9.17, 15) is 0 Å². The van der Waals surface area contributed by atoms with Crippen LogP contribution in [0.2, 0.25) is 0 Å². The van der Waals surface area contributed by atoms with E-state index in [1.807, 2.05) is 13.2 Å². The first-order valence-corrected chi connectivity index (χ1v) is 5.65. The van der Waals surface area contributed by atoms with E-state index in [1.54, 1.807) is 18.9 Å². The fraction of sp³-hybridized carbons (Fsp3) is 0.727. The number of anilines is 1. The summed E-state index contributed by atoms with van der Waals surface area (Å²) >= 11 is 0. The summed E-state index contributed by atoms with van der Waals surface area (Å²) < 4.78 is 11.9. The molecule has 0 aliphatic heterocycles. The fourth-order valence-corrected chi connectivity index (χ4v) is 1.57. The van der Waals surface area contributed by atoms with Crippen molar-refractivity contribution in [3.05, 3.63) is 11.8 Å². The summed E-state index contributed by atoms with van der Waals surface area (Å²) in [6, 6.07) is 0. The van der Waals surface area contributed by atoms with Crippen LogP contribution in [0, 0.1) is 0 Å². The summed E-state index contributed by atoms with van der Waals surface area (Å²) in [5, 5.41) is 4.13.